The Morgan fingerprint density at radius 1 is 1.53 bits per heavy atom. The highest BCUT2D eigenvalue weighted by atomic mass is 32.1. The normalized spacial score (nSPS) is 10.8. The van der Waals surface area contributed by atoms with E-state index in [1.807, 2.05) is 30.8 Å². The number of carbonyl (C=O) groups excluding carboxylic acids is 1. The van der Waals surface area contributed by atoms with Gasteiger partial charge in [-0.1, -0.05) is 19.9 Å². The second-order valence-corrected chi connectivity index (χ2v) is 5.14. The zero-order chi connectivity index (χ0) is 12.4. The maximum Gasteiger partial charge on any atom is 0.265 e. The number of thiophene rings is 1. The lowest BCUT2D eigenvalue weighted by molar-refractivity contribution is 0.103. The molecular formula is C12H15N3OS. The van der Waals surface area contributed by atoms with Crippen molar-refractivity contribution in [3.8, 4) is 0 Å². The standard InChI is InChI=1S/C12H15N3OS/c1-8(2)11-9(7-15(3)14-11)13-12(16)10-5-4-6-17-10/h4-8H,1-3H3,(H,13,16). The van der Waals surface area contributed by atoms with E-state index >= 15 is 0 Å². The molecule has 2 heterocycles. The van der Waals surface area contributed by atoms with Gasteiger partial charge in [0.05, 0.1) is 16.3 Å². The van der Waals surface area contributed by atoms with Crippen LogP contribution < -0.4 is 5.32 Å². The van der Waals surface area contributed by atoms with E-state index in [9.17, 15) is 4.79 Å². The largest absolute Gasteiger partial charge is 0.318 e. The first kappa shape index (κ1) is 11.9. The van der Waals surface area contributed by atoms with Crippen LogP contribution in [0, 0.1) is 0 Å². The molecule has 0 aromatic carbocycles. The van der Waals surface area contributed by atoms with Gasteiger partial charge in [0.2, 0.25) is 0 Å². The molecule has 0 aliphatic heterocycles. The Morgan fingerprint density at radius 3 is 2.88 bits per heavy atom. The minimum absolute atomic E-state index is 0.0742. The molecule has 1 N–H and O–H groups in total. The number of carbonyl (C=O) groups is 1. The Bertz CT molecular complexity index is 514. The Labute approximate surface area is 104 Å². The van der Waals surface area contributed by atoms with Gasteiger partial charge in [0, 0.05) is 13.2 Å². The van der Waals surface area contributed by atoms with Gasteiger partial charge in [-0.2, -0.15) is 5.10 Å². The van der Waals surface area contributed by atoms with Gasteiger partial charge in [-0.15, -0.1) is 11.3 Å². The third-order valence-corrected chi connectivity index (χ3v) is 3.27. The van der Waals surface area contributed by atoms with Crippen molar-refractivity contribution in [3.05, 3.63) is 34.3 Å². The molecule has 0 saturated heterocycles. The fraction of sp³-hybridized carbons (Fsp3) is 0.333. The molecule has 17 heavy (non-hydrogen) atoms. The van der Waals surface area contributed by atoms with E-state index in [1.54, 1.807) is 4.68 Å². The summed E-state index contributed by atoms with van der Waals surface area (Å²) in [5.74, 6) is 0.213. The number of rotatable bonds is 3. The second kappa shape index (κ2) is 4.71. The minimum Gasteiger partial charge on any atom is -0.318 e. The average molecular weight is 249 g/mol. The SMILES string of the molecule is CC(C)c1nn(C)cc1NC(=O)c1cccs1. The molecule has 4 nitrogen and oxygen atoms in total. The molecule has 0 bridgehead atoms. The zero-order valence-corrected chi connectivity index (χ0v) is 10.9. The highest BCUT2D eigenvalue weighted by Crippen LogP contribution is 2.23. The number of aryl methyl sites for hydroxylation is 1. The fourth-order valence-electron chi connectivity index (χ4n) is 1.62. The summed E-state index contributed by atoms with van der Waals surface area (Å²) in [5.41, 5.74) is 1.71. The van der Waals surface area contributed by atoms with Crippen molar-refractivity contribution in [2.45, 2.75) is 19.8 Å². The monoisotopic (exact) mass is 249 g/mol. The van der Waals surface area contributed by atoms with Gasteiger partial charge in [0.25, 0.3) is 5.91 Å². The Hall–Kier alpha value is -1.62. The zero-order valence-electron chi connectivity index (χ0n) is 10.1. The lowest BCUT2D eigenvalue weighted by atomic mass is 10.1. The summed E-state index contributed by atoms with van der Waals surface area (Å²) in [6.07, 6.45) is 1.83. The first-order valence-electron chi connectivity index (χ1n) is 5.46. The minimum atomic E-state index is -0.0742. The van der Waals surface area contributed by atoms with Crippen molar-refractivity contribution in [2.75, 3.05) is 5.32 Å². The van der Waals surface area contributed by atoms with E-state index < -0.39 is 0 Å². The predicted octanol–water partition coefficient (Wildman–Crippen LogP) is 2.86. The maximum absolute atomic E-state index is 11.9. The Morgan fingerprint density at radius 2 is 2.29 bits per heavy atom. The molecule has 0 radical (unpaired) electrons. The van der Waals surface area contributed by atoms with E-state index in [-0.39, 0.29) is 11.8 Å². The van der Waals surface area contributed by atoms with Crippen molar-refractivity contribution in [1.29, 1.82) is 0 Å². The van der Waals surface area contributed by atoms with Gasteiger partial charge in [0.15, 0.2) is 0 Å². The van der Waals surface area contributed by atoms with Crippen LogP contribution in [-0.4, -0.2) is 15.7 Å². The van der Waals surface area contributed by atoms with Crippen LogP contribution in [0.3, 0.4) is 0 Å². The number of amides is 1. The topological polar surface area (TPSA) is 46.9 Å². The van der Waals surface area contributed by atoms with Crippen LogP contribution in [0.5, 0.6) is 0 Å². The molecule has 0 spiro atoms. The first-order valence-corrected chi connectivity index (χ1v) is 6.34. The van der Waals surface area contributed by atoms with Crippen LogP contribution in [-0.2, 0) is 7.05 Å². The summed E-state index contributed by atoms with van der Waals surface area (Å²) in [4.78, 5) is 12.6. The molecule has 0 saturated carbocycles. The van der Waals surface area contributed by atoms with Crippen LogP contribution in [0.4, 0.5) is 5.69 Å². The number of nitrogens with one attached hydrogen (secondary N) is 1. The molecule has 2 rings (SSSR count). The molecular weight excluding hydrogens is 234 g/mol. The van der Waals surface area contributed by atoms with Crippen molar-refractivity contribution >= 4 is 22.9 Å². The van der Waals surface area contributed by atoms with Gasteiger partial charge < -0.3 is 5.32 Å². The van der Waals surface area contributed by atoms with Gasteiger partial charge in [-0.3, -0.25) is 9.48 Å². The summed E-state index contributed by atoms with van der Waals surface area (Å²) in [6, 6.07) is 3.68. The summed E-state index contributed by atoms with van der Waals surface area (Å²) < 4.78 is 1.72. The summed E-state index contributed by atoms with van der Waals surface area (Å²) >= 11 is 1.43. The van der Waals surface area contributed by atoms with Crippen molar-refractivity contribution in [2.24, 2.45) is 7.05 Å². The van der Waals surface area contributed by atoms with Gasteiger partial charge in [0.1, 0.15) is 0 Å². The third kappa shape index (κ3) is 2.55. The summed E-state index contributed by atoms with van der Waals surface area (Å²) in [6.45, 7) is 4.12. The molecule has 0 aliphatic carbocycles. The van der Waals surface area contributed by atoms with Crippen LogP contribution in [0.1, 0.15) is 35.1 Å². The van der Waals surface area contributed by atoms with Gasteiger partial charge in [-0.25, -0.2) is 0 Å². The highest BCUT2D eigenvalue weighted by molar-refractivity contribution is 7.12. The van der Waals surface area contributed by atoms with Crippen LogP contribution in [0.15, 0.2) is 23.7 Å². The Kier molecular flexibility index (Phi) is 3.28. The van der Waals surface area contributed by atoms with Crippen LogP contribution >= 0.6 is 11.3 Å². The average Bonchev–Trinajstić information content (AvgIpc) is 2.86. The second-order valence-electron chi connectivity index (χ2n) is 4.19. The van der Waals surface area contributed by atoms with E-state index in [0.29, 0.717) is 4.88 Å². The van der Waals surface area contributed by atoms with E-state index in [0.717, 1.165) is 11.4 Å². The molecule has 0 fully saturated rings. The van der Waals surface area contributed by atoms with E-state index in [1.165, 1.54) is 11.3 Å². The summed E-state index contributed by atoms with van der Waals surface area (Å²) in [7, 11) is 1.85. The molecule has 90 valence electrons. The lowest BCUT2D eigenvalue weighted by Crippen LogP contribution is -2.11. The highest BCUT2D eigenvalue weighted by Gasteiger charge is 2.15. The van der Waals surface area contributed by atoms with Crippen molar-refractivity contribution < 1.29 is 4.79 Å². The first-order chi connectivity index (χ1) is 8.08. The molecule has 2 aromatic rings. The number of aromatic nitrogens is 2. The molecule has 5 heteroatoms. The third-order valence-electron chi connectivity index (χ3n) is 2.40. The van der Waals surface area contributed by atoms with Crippen LogP contribution in [0.25, 0.3) is 0 Å². The number of nitrogens with zero attached hydrogens (tertiary/aromatic N) is 2. The van der Waals surface area contributed by atoms with Gasteiger partial charge in [-0.05, 0) is 17.4 Å². The molecule has 0 atom stereocenters. The smallest absolute Gasteiger partial charge is 0.265 e. The fourth-order valence-corrected chi connectivity index (χ4v) is 2.24. The lowest BCUT2D eigenvalue weighted by Gasteiger charge is -2.05. The Balaban J connectivity index is 2.21. The summed E-state index contributed by atoms with van der Waals surface area (Å²) in [5, 5.41) is 9.14. The quantitative estimate of drug-likeness (QED) is 0.909. The predicted molar refractivity (Wildman–Crippen MR) is 69.6 cm³/mol. The van der Waals surface area contributed by atoms with Gasteiger partial charge >= 0.3 is 0 Å². The van der Waals surface area contributed by atoms with Crippen molar-refractivity contribution in [1.82, 2.24) is 9.78 Å². The van der Waals surface area contributed by atoms with Crippen LogP contribution in [0.2, 0.25) is 0 Å². The number of anilines is 1. The molecule has 0 aliphatic rings. The number of hydrogen-bond acceptors (Lipinski definition) is 3. The number of hydrogen-bond donors (Lipinski definition) is 1. The van der Waals surface area contributed by atoms with E-state index in [4.69, 9.17) is 0 Å². The molecule has 0 unspecified atom stereocenters. The molecule has 1 amide bonds. The molecule has 2 aromatic heterocycles. The maximum atomic E-state index is 11.9. The van der Waals surface area contributed by atoms with Crippen molar-refractivity contribution in [3.63, 3.8) is 0 Å². The van der Waals surface area contributed by atoms with E-state index in [2.05, 4.69) is 24.3 Å².